The number of halogens is 1. The molecule has 0 spiro atoms. The van der Waals surface area contributed by atoms with Crippen molar-refractivity contribution < 1.29 is 4.79 Å². The Bertz CT molecular complexity index is 255. The Kier molecular flexibility index (Phi) is 2.43. The number of rotatable bonds is 1. The first-order chi connectivity index (χ1) is 4.70. The standard InChI is InChI=1S/C8H7IO/c1-6(10)7-3-2-4-8(9)5-7/h2-5H,1H3. The van der Waals surface area contributed by atoms with Gasteiger partial charge in [0.05, 0.1) is 0 Å². The molecular formula is C8H7IO. The molecule has 1 rings (SSSR count). The van der Waals surface area contributed by atoms with Crippen molar-refractivity contribution in [3.8, 4) is 0 Å². The quantitative estimate of drug-likeness (QED) is 0.549. The molecule has 1 nitrogen and oxygen atoms in total. The lowest BCUT2D eigenvalue weighted by atomic mass is 10.2. The summed E-state index contributed by atoms with van der Waals surface area (Å²) in [6.45, 7) is 1.57. The van der Waals surface area contributed by atoms with Crippen LogP contribution >= 0.6 is 22.6 Å². The molecule has 0 aliphatic carbocycles. The summed E-state index contributed by atoms with van der Waals surface area (Å²) in [4.78, 5) is 10.8. The molecule has 0 aliphatic heterocycles. The van der Waals surface area contributed by atoms with E-state index in [1.54, 1.807) is 6.92 Å². The number of carbonyl (C=O) groups is 1. The van der Waals surface area contributed by atoms with Crippen molar-refractivity contribution in [2.24, 2.45) is 0 Å². The molecule has 0 saturated carbocycles. The highest BCUT2D eigenvalue weighted by Gasteiger charge is 1.96. The summed E-state index contributed by atoms with van der Waals surface area (Å²) in [5.41, 5.74) is 0.784. The van der Waals surface area contributed by atoms with Crippen molar-refractivity contribution in [3.05, 3.63) is 33.4 Å². The molecule has 0 unspecified atom stereocenters. The number of Topliss-reactive ketones (excluding diaryl/α,β-unsaturated/α-hetero) is 1. The fraction of sp³-hybridized carbons (Fsp3) is 0.125. The molecule has 0 atom stereocenters. The summed E-state index contributed by atoms with van der Waals surface area (Å²) in [7, 11) is 0. The summed E-state index contributed by atoms with van der Waals surface area (Å²) in [6, 6.07) is 7.55. The molecule has 0 heterocycles. The van der Waals surface area contributed by atoms with Gasteiger partial charge in [-0.25, -0.2) is 0 Å². The first kappa shape index (κ1) is 7.72. The third kappa shape index (κ3) is 1.80. The SMILES string of the molecule is CC(=O)c1cccc(I)c1. The molecule has 0 fully saturated rings. The van der Waals surface area contributed by atoms with Gasteiger partial charge in [-0.15, -0.1) is 0 Å². The average Bonchev–Trinajstić information content (AvgIpc) is 1.88. The predicted molar refractivity (Wildman–Crippen MR) is 49.2 cm³/mol. The van der Waals surface area contributed by atoms with E-state index in [0.717, 1.165) is 9.13 Å². The van der Waals surface area contributed by atoms with Crippen LogP contribution in [-0.4, -0.2) is 5.78 Å². The fourth-order valence-electron chi connectivity index (χ4n) is 0.707. The van der Waals surface area contributed by atoms with Gasteiger partial charge in [-0.05, 0) is 41.6 Å². The maximum Gasteiger partial charge on any atom is 0.159 e. The minimum atomic E-state index is 0.124. The molecule has 2 heteroatoms. The van der Waals surface area contributed by atoms with Crippen LogP contribution < -0.4 is 0 Å². The van der Waals surface area contributed by atoms with Crippen molar-refractivity contribution >= 4 is 28.4 Å². The zero-order valence-electron chi connectivity index (χ0n) is 5.60. The lowest BCUT2D eigenvalue weighted by Crippen LogP contribution is -1.90. The molecule has 0 aliphatic rings. The fourth-order valence-corrected chi connectivity index (χ4v) is 1.25. The second kappa shape index (κ2) is 3.14. The smallest absolute Gasteiger partial charge is 0.159 e. The highest BCUT2D eigenvalue weighted by atomic mass is 127. The van der Waals surface area contributed by atoms with Crippen LogP contribution in [0.25, 0.3) is 0 Å². The number of hydrogen-bond acceptors (Lipinski definition) is 1. The van der Waals surface area contributed by atoms with E-state index in [9.17, 15) is 4.79 Å². The van der Waals surface area contributed by atoms with E-state index in [0.29, 0.717) is 0 Å². The predicted octanol–water partition coefficient (Wildman–Crippen LogP) is 2.49. The Morgan fingerprint density at radius 1 is 1.50 bits per heavy atom. The molecule has 10 heavy (non-hydrogen) atoms. The first-order valence-corrected chi connectivity index (χ1v) is 4.04. The molecule has 1 aromatic rings. The molecular weight excluding hydrogens is 239 g/mol. The molecule has 1 aromatic carbocycles. The van der Waals surface area contributed by atoms with Crippen LogP contribution in [0.4, 0.5) is 0 Å². The summed E-state index contributed by atoms with van der Waals surface area (Å²) in [6.07, 6.45) is 0. The van der Waals surface area contributed by atoms with Gasteiger partial charge in [-0.3, -0.25) is 4.79 Å². The second-order valence-corrected chi connectivity index (χ2v) is 3.31. The third-order valence-electron chi connectivity index (χ3n) is 1.23. The van der Waals surface area contributed by atoms with E-state index in [-0.39, 0.29) is 5.78 Å². The molecule has 0 radical (unpaired) electrons. The molecule has 0 aromatic heterocycles. The minimum Gasteiger partial charge on any atom is -0.295 e. The summed E-state index contributed by atoms with van der Waals surface area (Å²) in [5.74, 6) is 0.124. The Hall–Kier alpha value is -0.380. The summed E-state index contributed by atoms with van der Waals surface area (Å²) in [5, 5.41) is 0. The van der Waals surface area contributed by atoms with E-state index in [4.69, 9.17) is 0 Å². The third-order valence-corrected chi connectivity index (χ3v) is 1.90. The Morgan fingerprint density at radius 2 is 2.20 bits per heavy atom. The highest BCUT2D eigenvalue weighted by molar-refractivity contribution is 14.1. The van der Waals surface area contributed by atoms with Crippen LogP contribution in [0.3, 0.4) is 0 Å². The van der Waals surface area contributed by atoms with Gasteiger partial charge < -0.3 is 0 Å². The van der Waals surface area contributed by atoms with Gasteiger partial charge in [-0.1, -0.05) is 12.1 Å². The van der Waals surface area contributed by atoms with Gasteiger partial charge >= 0.3 is 0 Å². The highest BCUT2D eigenvalue weighted by Crippen LogP contribution is 2.07. The topological polar surface area (TPSA) is 17.1 Å². The number of carbonyl (C=O) groups excluding carboxylic acids is 1. The van der Waals surface area contributed by atoms with Crippen molar-refractivity contribution in [1.29, 1.82) is 0 Å². The van der Waals surface area contributed by atoms with Crippen molar-refractivity contribution in [2.75, 3.05) is 0 Å². The molecule has 52 valence electrons. The van der Waals surface area contributed by atoms with Gasteiger partial charge in [0.2, 0.25) is 0 Å². The van der Waals surface area contributed by atoms with Crippen molar-refractivity contribution in [1.82, 2.24) is 0 Å². The van der Waals surface area contributed by atoms with E-state index in [2.05, 4.69) is 22.6 Å². The van der Waals surface area contributed by atoms with E-state index in [1.165, 1.54) is 0 Å². The van der Waals surface area contributed by atoms with Crippen LogP contribution in [-0.2, 0) is 0 Å². The number of benzene rings is 1. The zero-order valence-corrected chi connectivity index (χ0v) is 7.75. The monoisotopic (exact) mass is 246 g/mol. The first-order valence-electron chi connectivity index (χ1n) is 2.96. The Morgan fingerprint density at radius 3 is 2.60 bits per heavy atom. The van der Waals surface area contributed by atoms with Crippen molar-refractivity contribution in [3.63, 3.8) is 0 Å². The summed E-state index contributed by atoms with van der Waals surface area (Å²) < 4.78 is 1.10. The maximum atomic E-state index is 10.8. The van der Waals surface area contributed by atoms with Gasteiger partial charge in [-0.2, -0.15) is 0 Å². The van der Waals surface area contributed by atoms with Gasteiger partial charge in [0.25, 0.3) is 0 Å². The lowest BCUT2D eigenvalue weighted by Gasteiger charge is -1.93. The second-order valence-electron chi connectivity index (χ2n) is 2.07. The van der Waals surface area contributed by atoms with Crippen LogP contribution in [0.15, 0.2) is 24.3 Å². The average molecular weight is 246 g/mol. The lowest BCUT2D eigenvalue weighted by molar-refractivity contribution is 0.101. The molecule has 0 N–H and O–H groups in total. The van der Waals surface area contributed by atoms with E-state index >= 15 is 0 Å². The minimum absolute atomic E-state index is 0.124. The zero-order chi connectivity index (χ0) is 7.56. The molecule has 0 bridgehead atoms. The number of ketones is 1. The van der Waals surface area contributed by atoms with Gasteiger partial charge in [0.15, 0.2) is 5.78 Å². The van der Waals surface area contributed by atoms with Crippen molar-refractivity contribution in [2.45, 2.75) is 6.92 Å². The normalized spacial score (nSPS) is 9.40. The molecule has 0 saturated heterocycles. The van der Waals surface area contributed by atoms with Crippen LogP contribution in [0.2, 0.25) is 0 Å². The van der Waals surface area contributed by atoms with Crippen LogP contribution in [0.5, 0.6) is 0 Å². The Labute approximate surface area is 73.6 Å². The maximum absolute atomic E-state index is 10.8. The number of hydrogen-bond donors (Lipinski definition) is 0. The van der Waals surface area contributed by atoms with E-state index in [1.807, 2.05) is 24.3 Å². The van der Waals surface area contributed by atoms with Crippen LogP contribution in [0.1, 0.15) is 17.3 Å². The Balaban J connectivity index is 3.07. The van der Waals surface area contributed by atoms with Gasteiger partial charge in [0.1, 0.15) is 0 Å². The molecule has 0 amide bonds. The van der Waals surface area contributed by atoms with Crippen LogP contribution in [0, 0.1) is 3.57 Å². The van der Waals surface area contributed by atoms with E-state index < -0.39 is 0 Å². The van der Waals surface area contributed by atoms with Gasteiger partial charge in [0, 0.05) is 9.13 Å². The summed E-state index contributed by atoms with van der Waals surface area (Å²) >= 11 is 2.19. The largest absolute Gasteiger partial charge is 0.295 e.